The van der Waals surface area contributed by atoms with Crippen LogP contribution in [0.3, 0.4) is 0 Å². The molecule has 0 radical (unpaired) electrons. The average molecular weight is 492 g/mol. The van der Waals surface area contributed by atoms with Gasteiger partial charge in [0.15, 0.2) is 12.4 Å². The summed E-state index contributed by atoms with van der Waals surface area (Å²) in [5, 5.41) is 12.8. The first-order valence-electron chi connectivity index (χ1n) is 9.45. The van der Waals surface area contributed by atoms with E-state index in [0.717, 1.165) is 5.56 Å². The molecule has 8 nitrogen and oxygen atoms in total. The van der Waals surface area contributed by atoms with Gasteiger partial charge in [0.25, 0.3) is 5.91 Å². The number of carbonyl (C=O) groups excluding carboxylic acids is 1. The highest BCUT2D eigenvalue weighted by atomic mass is 35.5. The number of ether oxygens (including phenoxy) is 1. The second-order valence-corrected chi connectivity index (χ2v) is 8.07. The Morgan fingerprint density at radius 1 is 1.03 bits per heavy atom. The summed E-state index contributed by atoms with van der Waals surface area (Å²) in [5.74, 6) is 0.349. The number of benzene rings is 2. The largest absolute Gasteiger partial charge is 0.471 e. The van der Waals surface area contributed by atoms with Gasteiger partial charge in [-0.3, -0.25) is 10.1 Å². The first kappa shape index (κ1) is 22.1. The molecule has 11 heteroatoms. The predicted octanol–water partition coefficient (Wildman–Crippen LogP) is 5.08. The SMILES string of the molecule is Cc1cc(OCn2ccc(C(=O)Nc3ncn(Cc4c(Cl)cccc4Cl)n3)n2)ccc1Cl. The third-order valence-corrected chi connectivity index (χ3v) is 5.64. The second kappa shape index (κ2) is 9.60. The van der Waals surface area contributed by atoms with Crippen LogP contribution in [0.25, 0.3) is 0 Å². The highest BCUT2D eigenvalue weighted by molar-refractivity contribution is 6.36. The van der Waals surface area contributed by atoms with Crippen LogP contribution < -0.4 is 10.1 Å². The molecule has 2 aromatic heterocycles. The molecule has 0 bridgehead atoms. The van der Waals surface area contributed by atoms with Gasteiger partial charge >= 0.3 is 0 Å². The molecule has 1 N–H and O–H groups in total. The fraction of sp³-hybridized carbons (Fsp3) is 0.143. The molecule has 0 aliphatic rings. The van der Waals surface area contributed by atoms with E-state index in [1.807, 2.05) is 13.0 Å². The van der Waals surface area contributed by atoms with Crippen molar-refractivity contribution in [2.45, 2.75) is 20.2 Å². The molecule has 32 heavy (non-hydrogen) atoms. The van der Waals surface area contributed by atoms with Crippen molar-refractivity contribution in [3.05, 3.63) is 86.9 Å². The maximum absolute atomic E-state index is 12.5. The van der Waals surface area contributed by atoms with E-state index in [0.29, 0.717) is 32.9 Å². The van der Waals surface area contributed by atoms with Crippen molar-refractivity contribution in [1.29, 1.82) is 0 Å². The Balaban J connectivity index is 1.35. The number of halogens is 3. The maximum atomic E-state index is 12.5. The van der Waals surface area contributed by atoms with Crippen LogP contribution in [-0.2, 0) is 13.3 Å². The first-order valence-corrected chi connectivity index (χ1v) is 10.6. The zero-order valence-electron chi connectivity index (χ0n) is 16.8. The molecule has 1 amide bonds. The van der Waals surface area contributed by atoms with Crippen LogP contribution in [0.5, 0.6) is 5.75 Å². The van der Waals surface area contributed by atoms with Crippen LogP contribution in [0.15, 0.2) is 55.0 Å². The lowest BCUT2D eigenvalue weighted by Crippen LogP contribution is -2.15. The Labute approximate surface area is 198 Å². The lowest BCUT2D eigenvalue weighted by molar-refractivity contribution is 0.101. The van der Waals surface area contributed by atoms with E-state index in [-0.39, 0.29) is 18.4 Å². The van der Waals surface area contributed by atoms with Gasteiger partial charge in [-0.05, 0) is 48.9 Å². The molecule has 4 rings (SSSR count). The normalized spacial score (nSPS) is 10.9. The van der Waals surface area contributed by atoms with Gasteiger partial charge in [-0.2, -0.15) is 5.10 Å². The fourth-order valence-electron chi connectivity index (χ4n) is 2.84. The lowest BCUT2D eigenvalue weighted by atomic mass is 10.2. The molecular weight excluding hydrogens is 475 g/mol. The number of aromatic nitrogens is 5. The molecule has 2 heterocycles. The van der Waals surface area contributed by atoms with Gasteiger partial charge in [0.1, 0.15) is 12.1 Å². The highest BCUT2D eigenvalue weighted by Gasteiger charge is 2.14. The highest BCUT2D eigenvalue weighted by Crippen LogP contribution is 2.25. The Bertz CT molecular complexity index is 1250. The summed E-state index contributed by atoms with van der Waals surface area (Å²) in [4.78, 5) is 16.6. The molecule has 0 atom stereocenters. The summed E-state index contributed by atoms with van der Waals surface area (Å²) >= 11 is 18.4. The lowest BCUT2D eigenvalue weighted by Gasteiger charge is -2.07. The van der Waals surface area contributed by atoms with Crippen molar-refractivity contribution >= 4 is 46.7 Å². The van der Waals surface area contributed by atoms with E-state index < -0.39 is 5.91 Å². The summed E-state index contributed by atoms with van der Waals surface area (Å²) in [7, 11) is 0. The van der Waals surface area contributed by atoms with Crippen LogP contribution in [0, 0.1) is 6.92 Å². The topological polar surface area (TPSA) is 86.9 Å². The minimum atomic E-state index is -0.445. The van der Waals surface area contributed by atoms with Crippen molar-refractivity contribution < 1.29 is 9.53 Å². The van der Waals surface area contributed by atoms with Crippen LogP contribution in [0.2, 0.25) is 15.1 Å². The summed E-state index contributed by atoms with van der Waals surface area (Å²) in [6, 6.07) is 12.2. The predicted molar refractivity (Wildman–Crippen MR) is 123 cm³/mol. The standard InChI is InChI=1S/C21H17Cl3N6O2/c1-13-9-14(5-6-16(13)22)32-12-29-8-7-19(27-29)20(31)26-21-25-11-30(28-21)10-15-17(23)3-2-4-18(15)24/h2-9,11H,10,12H2,1H3,(H,26,28,31). The van der Waals surface area contributed by atoms with Crippen molar-refractivity contribution in [3.63, 3.8) is 0 Å². The van der Waals surface area contributed by atoms with E-state index >= 15 is 0 Å². The van der Waals surface area contributed by atoms with Crippen molar-refractivity contribution in [3.8, 4) is 5.75 Å². The number of aryl methyl sites for hydroxylation is 1. The molecule has 0 saturated carbocycles. The molecular formula is C21H17Cl3N6O2. The molecule has 0 aliphatic heterocycles. The minimum Gasteiger partial charge on any atom is -0.471 e. The Hall–Kier alpha value is -3.07. The van der Waals surface area contributed by atoms with Crippen LogP contribution >= 0.6 is 34.8 Å². The Morgan fingerprint density at radius 2 is 1.81 bits per heavy atom. The first-order chi connectivity index (χ1) is 15.4. The van der Waals surface area contributed by atoms with Crippen LogP contribution in [0.4, 0.5) is 5.95 Å². The third kappa shape index (κ3) is 5.21. The molecule has 0 spiro atoms. The Kier molecular flexibility index (Phi) is 6.64. The maximum Gasteiger partial charge on any atom is 0.278 e. The molecule has 0 unspecified atom stereocenters. The van der Waals surface area contributed by atoms with Gasteiger partial charge in [0, 0.05) is 26.8 Å². The molecule has 0 fully saturated rings. The number of hydrogen-bond acceptors (Lipinski definition) is 5. The van der Waals surface area contributed by atoms with Gasteiger partial charge in [-0.1, -0.05) is 40.9 Å². The number of anilines is 1. The van der Waals surface area contributed by atoms with Gasteiger partial charge in [0.05, 0.1) is 6.54 Å². The number of amides is 1. The number of hydrogen-bond donors (Lipinski definition) is 1. The minimum absolute atomic E-state index is 0.139. The van der Waals surface area contributed by atoms with Gasteiger partial charge in [0.2, 0.25) is 5.95 Å². The van der Waals surface area contributed by atoms with Crippen molar-refractivity contribution in [2.24, 2.45) is 0 Å². The molecule has 4 aromatic rings. The molecule has 0 aliphatic carbocycles. The van der Waals surface area contributed by atoms with Gasteiger partial charge in [-0.15, -0.1) is 5.10 Å². The number of carbonyl (C=O) groups is 1. The third-order valence-electron chi connectivity index (χ3n) is 4.51. The summed E-state index contributed by atoms with van der Waals surface area (Å²) < 4.78 is 8.71. The monoisotopic (exact) mass is 490 g/mol. The van der Waals surface area contributed by atoms with E-state index in [2.05, 4.69) is 20.5 Å². The van der Waals surface area contributed by atoms with E-state index in [1.54, 1.807) is 42.6 Å². The number of nitrogens with one attached hydrogen (secondary N) is 1. The van der Waals surface area contributed by atoms with Crippen LogP contribution in [-0.4, -0.2) is 30.5 Å². The van der Waals surface area contributed by atoms with E-state index in [9.17, 15) is 4.79 Å². The van der Waals surface area contributed by atoms with Crippen molar-refractivity contribution in [1.82, 2.24) is 24.5 Å². The quantitative estimate of drug-likeness (QED) is 0.389. The van der Waals surface area contributed by atoms with Crippen LogP contribution in [0.1, 0.15) is 21.6 Å². The molecule has 0 saturated heterocycles. The molecule has 2 aromatic carbocycles. The summed E-state index contributed by atoms with van der Waals surface area (Å²) in [6.45, 7) is 2.35. The number of nitrogens with zero attached hydrogens (tertiary/aromatic N) is 5. The van der Waals surface area contributed by atoms with Gasteiger partial charge < -0.3 is 4.74 Å². The zero-order chi connectivity index (χ0) is 22.7. The number of rotatable bonds is 7. The van der Waals surface area contributed by atoms with E-state index in [1.165, 1.54) is 15.7 Å². The second-order valence-electron chi connectivity index (χ2n) is 6.84. The van der Waals surface area contributed by atoms with Crippen molar-refractivity contribution in [2.75, 3.05) is 5.32 Å². The molecule has 164 valence electrons. The fourth-order valence-corrected chi connectivity index (χ4v) is 3.48. The average Bonchev–Trinajstić information content (AvgIpc) is 3.41. The van der Waals surface area contributed by atoms with E-state index in [4.69, 9.17) is 39.5 Å². The Morgan fingerprint density at radius 3 is 2.56 bits per heavy atom. The summed E-state index contributed by atoms with van der Waals surface area (Å²) in [5.41, 5.74) is 1.83. The zero-order valence-corrected chi connectivity index (χ0v) is 19.1. The van der Waals surface area contributed by atoms with Gasteiger partial charge in [-0.25, -0.2) is 14.3 Å². The summed E-state index contributed by atoms with van der Waals surface area (Å²) in [6.07, 6.45) is 3.12. The smallest absolute Gasteiger partial charge is 0.278 e.